The van der Waals surface area contributed by atoms with Gasteiger partial charge in [0.05, 0.1) is 25.7 Å². The first-order valence-corrected chi connectivity index (χ1v) is 5.06. The first kappa shape index (κ1) is 10.9. The number of hydrogen-bond donors (Lipinski definition) is 2. The van der Waals surface area contributed by atoms with Crippen LogP contribution in [0, 0.1) is 0 Å². The molecular weight excluding hydrogens is 200 g/mol. The van der Waals surface area contributed by atoms with Crippen molar-refractivity contribution in [3.05, 3.63) is 0 Å². The summed E-state index contributed by atoms with van der Waals surface area (Å²) in [5.41, 5.74) is -2.00. The number of carbonyl (C=O) groups excluding carboxylic acids is 1. The molecule has 2 unspecified atom stereocenters. The van der Waals surface area contributed by atoms with Crippen molar-refractivity contribution in [3.63, 3.8) is 0 Å². The number of ether oxygens (including phenoxy) is 2. The molecule has 0 aromatic carbocycles. The molecule has 15 heavy (non-hydrogen) atoms. The smallest absolute Gasteiger partial charge is 0.308 e. The molecule has 2 aliphatic rings. The summed E-state index contributed by atoms with van der Waals surface area (Å²) in [4.78, 5) is 11.2. The summed E-state index contributed by atoms with van der Waals surface area (Å²) in [7, 11) is 1.28. The van der Waals surface area contributed by atoms with Crippen molar-refractivity contribution < 1.29 is 24.5 Å². The van der Waals surface area contributed by atoms with E-state index in [-0.39, 0.29) is 18.9 Å². The van der Waals surface area contributed by atoms with Crippen molar-refractivity contribution in [2.45, 2.75) is 49.6 Å². The van der Waals surface area contributed by atoms with Gasteiger partial charge < -0.3 is 19.7 Å². The van der Waals surface area contributed by atoms with Crippen LogP contribution in [0.3, 0.4) is 0 Å². The molecule has 1 heterocycles. The van der Waals surface area contributed by atoms with Crippen LogP contribution in [0.1, 0.15) is 26.2 Å². The van der Waals surface area contributed by atoms with Gasteiger partial charge in [-0.3, -0.25) is 4.79 Å². The number of epoxide rings is 1. The molecule has 4 atom stereocenters. The maximum absolute atomic E-state index is 11.2. The van der Waals surface area contributed by atoms with Crippen LogP contribution < -0.4 is 0 Å². The monoisotopic (exact) mass is 216 g/mol. The van der Waals surface area contributed by atoms with Crippen molar-refractivity contribution >= 4 is 5.97 Å². The van der Waals surface area contributed by atoms with Crippen LogP contribution in [0.2, 0.25) is 0 Å². The minimum absolute atomic E-state index is 0.131. The Morgan fingerprint density at radius 3 is 2.93 bits per heavy atom. The zero-order valence-electron chi connectivity index (χ0n) is 8.90. The van der Waals surface area contributed by atoms with E-state index in [1.165, 1.54) is 7.11 Å². The Morgan fingerprint density at radius 1 is 1.67 bits per heavy atom. The zero-order valence-corrected chi connectivity index (χ0v) is 8.90. The third-order valence-corrected chi connectivity index (χ3v) is 3.59. The van der Waals surface area contributed by atoms with Crippen molar-refractivity contribution in [1.82, 2.24) is 0 Å². The highest BCUT2D eigenvalue weighted by atomic mass is 16.6. The van der Waals surface area contributed by atoms with Gasteiger partial charge in [-0.2, -0.15) is 0 Å². The fraction of sp³-hybridized carbons (Fsp3) is 0.900. The normalized spacial score (nSPS) is 48.3. The van der Waals surface area contributed by atoms with Crippen LogP contribution in [0.25, 0.3) is 0 Å². The van der Waals surface area contributed by atoms with E-state index in [9.17, 15) is 15.0 Å². The number of hydrogen-bond acceptors (Lipinski definition) is 5. The van der Waals surface area contributed by atoms with Crippen LogP contribution in [-0.2, 0) is 14.3 Å². The molecule has 1 aliphatic carbocycles. The maximum Gasteiger partial charge on any atom is 0.308 e. The second-order valence-electron chi connectivity index (χ2n) is 4.59. The molecule has 2 rings (SSSR count). The largest absolute Gasteiger partial charge is 0.469 e. The number of rotatable bonds is 2. The van der Waals surface area contributed by atoms with Crippen LogP contribution in [-0.4, -0.2) is 46.7 Å². The molecule has 0 radical (unpaired) electrons. The molecule has 2 N–H and O–H groups in total. The average molecular weight is 216 g/mol. The lowest BCUT2D eigenvalue weighted by Crippen LogP contribution is -2.52. The summed E-state index contributed by atoms with van der Waals surface area (Å²) in [6, 6.07) is 0. The van der Waals surface area contributed by atoms with E-state index in [1.54, 1.807) is 6.92 Å². The van der Waals surface area contributed by atoms with Crippen molar-refractivity contribution in [2.24, 2.45) is 0 Å². The lowest BCUT2D eigenvalue weighted by Gasteiger charge is -2.36. The highest BCUT2D eigenvalue weighted by molar-refractivity contribution is 5.71. The van der Waals surface area contributed by atoms with E-state index >= 15 is 0 Å². The van der Waals surface area contributed by atoms with Crippen molar-refractivity contribution in [3.8, 4) is 0 Å². The fourth-order valence-electron chi connectivity index (χ4n) is 2.43. The molecule has 2 fully saturated rings. The summed E-state index contributed by atoms with van der Waals surface area (Å²) >= 11 is 0. The molecule has 1 aliphatic heterocycles. The topological polar surface area (TPSA) is 79.3 Å². The first-order valence-electron chi connectivity index (χ1n) is 5.06. The van der Waals surface area contributed by atoms with Crippen molar-refractivity contribution in [2.75, 3.05) is 7.11 Å². The van der Waals surface area contributed by atoms with Gasteiger partial charge in [-0.1, -0.05) is 0 Å². The second-order valence-corrected chi connectivity index (χ2v) is 4.59. The Bertz CT molecular complexity index is 292. The molecule has 1 saturated heterocycles. The van der Waals surface area contributed by atoms with Gasteiger partial charge in [-0.25, -0.2) is 0 Å². The van der Waals surface area contributed by atoms with Crippen LogP contribution in [0.5, 0.6) is 0 Å². The third-order valence-electron chi connectivity index (χ3n) is 3.59. The Morgan fingerprint density at radius 2 is 2.33 bits per heavy atom. The number of fused-ring (bicyclic) bond motifs is 1. The van der Waals surface area contributed by atoms with E-state index in [0.717, 1.165) is 0 Å². The maximum atomic E-state index is 11.2. The number of aliphatic hydroxyl groups is 2. The van der Waals surface area contributed by atoms with Gasteiger partial charge in [0.2, 0.25) is 0 Å². The Labute approximate surface area is 88.0 Å². The number of methoxy groups -OCH3 is 1. The Kier molecular flexibility index (Phi) is 2.29. The lowest BCUT2D eigenvalue weighted by molar-refractivity contribution is -0.152. The van der Waals surface area contributed by atoms with Gasteiger partial charge in [-0.15, -0.1) is 0 Å². The van der Waals surface area contributed by atoms with E-state index in [2.05, 4.69) is 4.74 Å². The van der Waals surface area contributed by atoms with Crippen LogP contribution in [0.4, 0.5) is 0 Å². The van der Waals surface area contributed by atoms with E-state index < -0.39 is 23.3 Å². The van der Waals surface area contributed by atoms with E-state index in [0.29, 0.717) is 6.42 Å². The second kappa shape index (κ2) is 3.17. The Balaban J connectivity index is 2.14. The molecule has 0 aromatic heterocycles. The van der Waals surface area contributed by atoms with E-state index in [4.69, 9.17) is 4.74 Å². The molecule has 5 heteroatoms. The molecule has 1 saturated carbocycles. The quantitative estimate of drug-likeness (QED) is 0.484. The third kappa shape index (κ3) is 1.55. The molecule has 0 spiro atoms. The summed E-state index contributed by atoms with van der Waals surface area (Å²) in [5, 5.41) is 19.9. The summed E-state index contributed by atoms with van der Waals surface area (Å²) in [6.45, 7) is 1.77. The molecule has 0 bridgehead atoms. The minimum Gasteiger partial charge on any atom is -0.469 e. The number of esters is 1. The molecule has 0 aromatic rings. The lowest BCUT2D eigenvalue weighted by atomic mass is 9.73. The number of aliphatic hydroxyl groups excluding tert-OH is 1. The van der Waals surface area contributed by atoms with Gasteiger partial charge in [0.15, 0.2) is 0 Å². The standard InChI is InChI=1S/C10H16O5/c1-9-7(15-9)3-6(11)4-10(9,13)5-8(12)14-2/h6-7,11,13H,3-5H2,1-2H3/t6?,7?,9-,10-/m1/s1. The zero-order chi connectivity index (χ0) is 11.3. The first-order chi connectivity index (χ1) is 6.91. The summed E-state index contributed by atoms with van der Waals surface area (Å²) < 4.78 is 9.91. The highest BCUT2D eigenvalue weighted by Crippen LogP contribution is 2.54. The fourth-order valence-corrected chi connectivity index (χ4v) is 2.43. The van der Waals surface area contributed by atoms with E-state index in [1.807, 2.05) is 0 Å². The van der Waals surface area contributed by atoms with Gasteiger partial charge >= 0.3 is 5.97 Å². The minimum atomic E-state index is -1.30. The average Bonchev–Trinajstić information content (AvgIpc) is 2.77. The molecular formula is C10H16O5. The summed E-state index contributed by atoms with van der Waals surface area (Å²) in [5.74, 6) is -0.484. The summed E-state index contributed by atoms with van der Waals surface area (Å²) in [6.07, 6.45) is -0.195. The Hall–Kier alpha value is -0.650. The molecule has 0 amide bonds. The van der Waals surface area contributed by atoms with Crippen LogP contribution >= 0.6 is 0 Å². The van der Waals surface area contributed by atoms with Gasteiger partial charge in [0.1, 0.15) is 11.2 Å². The van der Waals surface area contributed by atoms with Gasteiger partial charge in [0, 0.05) is 12.8 Å². The molecule has 5 nitrogen and oxygen atoms in total. The highest BCUT2D eigenvalue weighted by Gasteiger charge is 2.69. The number of carbonyl (C=O) groups is 1. The van der Waals surface area contributed by atoms with Gasteiger partial charge in [-0.05, 0) is 6.92 Å². The SMILES string of the molecule is COC(=O)C[C@]1(O)CC(O)CC2O[C@]21C. The predicted octanol–water partition coefficient (Wildman–Crippen LogP) is -0.407. The van der Waals surface area contributed by atoms with Gasteiger partial charge in [0.25, 0.3) is 0 Å². The predicted molar refractivity (Wildman–Crippen MR) is 50.1 cm³/mol. The molecule has 86 valence electrons. The van der Waals surface area contributed by atoms with Crippen molar-refractivity contribution in [1.29, 1.82) is 0 Å². The van der Waals surface area contributed by atoms with Crippen LogP contribution in [0.15, 0.2) is 0 Å².